The van der Waals surface area contributed by atoms with Crippen molar-refractivity contribution in [2.75, 3.05) is 26.1 Å². The number of ether oxygens (including phenoxy) is 3. The average Bonchev–Trinajstić information content (AvgIpc) is 3.37. The number of rotatable bonds is 8. The summed E-state index contributed by atoms with van der Waals surface area (Å²) in [5.74, 6) is 2.14. The number of aromatic nitrogens is 2. The van der Waals surface area contributed by atoms with E-state index in [-0.39, 0.29) is 23.8 Å². The summed E-state index contributed by atoms with van der Waals surface area (Å²) >= 11 is 0. The van der Waals surface area contributed by atoms with E-state index in [0.29, 0.717) is 39.9 Å². The monoisotopic (exact) mass is 487 g/mol. The largest absolute Gasteiger partial charge is 0.493 e. The maximum Gasteiger partial charge on any atom is 0.262 e. The summed E-state index contributed by atoms with van der Waals surface area (Å²) < 4.78 is 21.8. The Morgan fingerprint density at radius 3 is 2.36 bits per heavy atom. The SMILES string of the molecule is COc1ccc(-c2noc(-c3ccccc3NC(=O)COc3ccc(C(C)(C)C)cc3)n2)cc1OC. The molecule has 1 heterocycles. The number of carbonyl (C=O) groups excluding carboxylic acids is 1. The average molecular weight is 488 g/mol. The van der Waals surface area contributed by atoms with Gasteiger partial charge in [-0.05, 0) is 53.4 Å². The van der Waals surface area contributed by atoms with Crippen LogP contribution >= 0.6 is 0 Å². The summed E-state index contributed by atoms with van der Waals surface area (Å²) in [4.78, 5) is 17.1. The predicted molar refractivity (Wildman–Crippen MR) is 138 cm³/mol. The normalized spacial score (nSPS) is 11.1. The van der Waals surface area contributed by atoms with Crippen LogP contribution in [0.2, 0.25) is 0 Å². The zero-order chi connectivity index (χ0) is 25.7. The molecular formula is C28H29N3O5. The van der Waals surface area contributed by atoms with E-state index in [4.69, 9.17) is 18.7 Å². The van der Waals surface area contributed by atoms with Crippen molar-refractivity contribution in [2.45, 2.75) is 26.2 Å². The molecular weight excluding hydrogens is 458 g/mol. The van der Waals surface area contributed by atoms with E-state index in [1.54, 1.807) is 38.5 Å². The summed E-state index contributed by atoms with van der Waals surface area (Å²) in [6.45, 7) is 6.31. The molecule has 0 aliphatic carbocycles. The Morgan fingerprint density at radius 2 is 1.67 bits per heavy atom. The standard InChI is InChI=1S/C28H29N3O5/c1-28(2,3)19-11-13-20(14-12-19)35-17-25(32)29-22-9-7-6-8-21(22)27-30-26(31-36-27)18-10-15-23(33-4)24(16-18)34-5/h6-16H,17H2,1-5H3,(H,29,32). The lowest BCUT2D eigenvalue weighted by Gasteiger charge is -2.19. The van der Waals surface area contributed by atoms with Crippen LogP contribution in [-0.4, -0.2) is 36.9 Å². The fraction of sp³-hybridized carbons (Fsp3) is 0.250. The zero-order valence-corrected chi connectivity index (χ0v) is 21.0. The van der Waals surface area contributed by atoms with Crippen molar-refractivity contribution in [1.82, 2.24) is 10.1 Å². The number of para-hydroxylation sites is 1. The minimum Gasteiger partial charge on any atom is -0.493 e. The second kappa shape index (κ2) is 10.5. The molecule has 0 aliphatic heterocycles. The molecule has 8 nitrogen and oxygen atoms in total. The number of carbonyl (C=O) groups is 1. The molecule has 0 spiro atoms. The van der Waals surface area contributed by atoms with Crippen molar-refractivity contribution in [2.24, 2.45) is 0 Å². The van der Waals surface area contributed by atoms with Gasteiger partial charge >= 0.3 is 0 Å². The van der Waals surface area contributed by atoms with Crippen LogP contribution in [0, 0.1) is 0 Å². The van der Waals surface area contributed by atoms with Crippen LogP contribution in [0.25, 0.3) is 22.8 Å². The third-order valence-corrected chi connectivity index (χ3v) is 5.59. The number of amides is 1. The zero-order valence-electron chi connectivity index (χ0n) is 21.0. The Morgan fingerprint density at radius 1 is 0.944 bits per heavy atom. The fourth-order valence-corrected chi connectivity index (χ4v) is 3.59. The van der Waals surface area contributed by atoms with Gasteiger partial charge in [-0.2, -0.15) is 4.98 Å². The molecule has 1 N–H and O–H groups in total. The summed E-state index contributed by atoms with van der Waals surface area (Å²) in [6, 6.07) is 20.3. The van der Waals surface area contributed by atoms with E-state index in [0.717, 1.165) is 0 Å². The minimum atomic E-state index is -0.304. The van der Waals surface area contributed by atoms with E-state index in [9.17, 15) is 4.79 Å². The number of hydrogen-bond acceptors (Lipinski definition) is 7. The molecule has 0 saturated carbocycles. The number of hydrogen-bond donors (Lipinski definition) is 1. The second-order valence-electron chi connectivity index (χ2n) is 9.15. The van der Waals surface area contributed by atoms with Gasteiger partial charge in [0.05, 0.1) is 25.5 Å². The molecule has 36 heavy (non-hydrogen) atoms. The molecule has 3 aromatic carbocycles. The van der Waals surface area contributed by atoms with Gasteiger partial charge in [-0.1, -0.05) is 50.2 Å². The molecule has 0 fully saturated rings. The highest BCUT2D eigenvalue weighted by atomic mass is 16.5. The molecule has 1 aromatic heterocycles. The van der Waals surface area contributed by atoms with Crippen LogP contribution in [0.15, 0.2) is 71.3 Å². The van der Waals surface area contributed by atoms with Gasteiger partial charge in [0.2, 0.25) is 5.82 Å². The Balaban J connectivity index is 1.46. The molecule has 0 aliphatic rings. The van der Waals surface area contributed by atoms with Gasteiger partial charge in [0.25, 0.3) is 11.8 Å². The lowest BCUT2D eigenvalue weighted by molar-refractivity contribution is -0.118. The third-order valence-electron chi connectivity index (χ3n) is 5.59. The van der Waals surface area contributed by atoms with E-state index < -0.39 is 0 Å². The topological polar surface area (TPSA) is 95.7 Å². The van der Waals surface area contributed by atoms with Crippen LogP contribution in [-0.2, 0) is 10.2 Å². The van der Waals surface area contributed by atoms with Crippen LogP contribution in [0.1, 0.15) is 26.3 Å². The first-order chi connectivity index (χ1) is 17.3. The van der Waals surface area contributed by atoms with Gasteiger partial charge in [0.1, 0.15) is 5.75 Å². The predicted octanol–water partition coefficient (Wildman–Crippen LogP) is 5.74. The summed E-state index contributed by atoms with van der Waals surface area (Å²) in [5.41, 5.74) is 3.08. The number of methoxy groups -OCH3 is 2. The van der Waals surface area contributed by atoms with Crippen molar-refractivity contribution in [3.05, 3.63) is 72.3 Å². The second-order valence-corrected chi connectivity index (χ2v) is 9.15. The first-order valence-corrected chi connectivity index (χ1v) is 11.5. The van der Waals surface area contributed by atoms with Gasteiger partial charge in [0, 0.05) is 5.56 Å². The number of benzene rings is 3. The minimum absolute atomic E-state index is 0.0493. The number of nitrogens with one attached hydrogen (secondary N) is 1. The molecule has 0 atom stereocenters. The Hall–Kier alpha value is -4.33. The van der Waals surface area contributed by atoms with Gasteiger partial charge in [0.15, 0.2) is 18.1 Å². The van der Waals surface area contributed by atoms with Crippen molar-refractivity contribution >= 4 is 11.6 Å². The van der Waals surface area contributed by atoms with Gasteiger partial charge in [-0.15, -0.1) is 0 Å². The molecule has 1 amide bonds. The highest BCUT2D eigenvalue weighted by molar-refractivity contribution is 5.95. The van der Waals surface area contributed by atoms with Crippen LogP contribution < -0.4 is 19.5 Å². The van der Waals surface area contributed by atoms with Crippen LogP contribution in [0.4, 0.5) is 5.69 Å². The Labute approximate surface area is 210 Å². The number of nitrogens with zero attached hydrogens (tertiary/aromatic N) is 2. The van der Waals surface area contributed by atoms with Crippen molar-refractivity contribution in [3.63, 3.8) is 0 Å². The van der Waals surface area contributed by atoms with E-state index in [1.807, 2.05) is 42.5 Å². The van der Waals surface area contributed by atoms with Crippen molar-refractivity contribution in [3.8, 4) is 40.1 Å². The highest BCUT2D eigenvalue weighted by Gasteiger charge is 2.17. The molecule has 8 heteroatoms. The molecule has 0 bridgehead atoms. The van der Waals surface area contributed by atoms with E-state index in [1.165, 1.54) is 5.56 Å². The molecule has 186 valence electrons. The van der Waals surface area contributed by atoms with Crippen LogP contribution in [0.5, 0.6) is 17.2 Å². The smallest absolute Gasteiger partial charge is 0.262 e. The molecule has 4 aromatic rings. The van der Waals surface area contributed by atoms with Gasteiger partial charge < -0.3 is 24.1 Å². The van der Waals surface area contributed by atoms with Crippen molar-refractivity contribution in [1.29, 1.82) is 0 Å². The summed E-state index contributed by atoms with van der Waals surface area (Å²) in [5, 5.41) is 6.96. The molecule has 0 saturated heterocycles. The fourth-order valence-electron chi connectivity index (χ4n) is 3.59. The highest BCUT2D eigenvalue weighted by Crippen LogP contribution is 2.33. The van der Waals surface area contributed by atoms with Crippen molar-refractivity contribution < 1.29 is 23.5 Å². The third kappa shape index (κ3) is 5.66. The van der Waals surface area contributed by atoms with Crippen LogP contribution in [0.3, 0.4) is 0 Å². The van der Waals surface area contributed by atoms with Gasteiger partial charge in [-0.3, -0.25) is 4.79 Å². The maximum absolute atomic E-state index is 12.6. The summed E-state index contributed by atoms with van der Waals surface area (Å²) in [6.07, 6.45) is 0. The molecule has 0 radical (unpaired) electrons. The molecule has 4 rings (SSSR count). The maximum atomic E-state index is 12.6. The number of anilines is 1. The van der Waals surface area contributed by atoms with Gasteiger partial charge in [-0.25, -0.2) is 0 Å². The quantitative estimate of drug-likeness (QED) is 0.339. The molecule has 0 unspecified atom stereocenters. The summed E-state index contributed by atoms with van der Waals surface area (Å²) in [7, 11) is 3.13. The Bertz CT molecular complexity index is 1340. The lowest BCUT2D eigenvalue weighted by atomic mass is 9.87. The first kappa shape index (κ1) is 24.8. The van der Waals surface area contributed by atoms with E-state index >= 15 is 0 Å². The Kier molecular flexibility index (Phi) is 7.24. The first-order valence-electron chi connectivity index (χ1n) is 11.5. The van der Waals surface area contributed by atoms with E-state index in [2.05, 4.69) is 36.2 Å². The lowest BCUT2D eigenvalue weighted by Crippen LogP contribution is -2.20.